The van der Waals surface area contributed by atoms with Crippen LogP contribution in [0.15, 0.2) is 41.8 Å². The van der Waals surface area contributed by atoms with E-state index in [4.69, 9.17) is 4.74 Å². The molecule has 2 aromatic rings. The van der Waals surface area contributed by atoms with Crippen LogP contribution in [0, 0.1) is 0 Å². The maximum Gasteiger partial charge on any atom is 0.306 e. The number of likely N-dealkylation sites (N-methyl/N-ethyl adjacent to an activating group) is 1. The van der Waals surface area contributed by atoms with E-state index in [2.05, 4.69) is 39.3 Å². The van der Waals surface area contributed by atoms with Crippen molar-refractivity contribution in [3.8, 4) is 0 Å². The molecule has 0 radical (unpaired) electrons. The highest BCUT2D eigenvalue weighted by atomic mass is 16.6. The molecule has 0 aromatic carbocycles. The number of ether oxygens (including phenoxy) is 1. The number of aliphatic hydroxyl groups excluding tert-OH is 3. The largest absolute Gasteiger partial charge is 0.481 e. The van der Waals surface area contributed by atoms with Gasteiger partial charge in [-0.05, 0) is 51.4 Å². The molecule has 0 amide bonds. The number of quaternary nitrogens is 1. The molecule has 2 aromatic heterocycles. The summed E-state index contributed by atoms with van der Waals surface area (Å²) in [6, 6.07) is 0. The molecule has 6 N–H and O–H groups in total. The lowest BCUT2D eigenvalue weighted by molar-refractivity contribution is -0.877. The molecule has 13 heteroatoms. The average molecular weight is 677 g/mol. The van der Waals surface area contributed by atoms with Gasteiger partial charge in [0.15, 0.2) is 16.9 Å². The summed E-state index contributed by atoms with van der Waals surface area (Å²) < 4.78 is 8.10. The van der Waals surface area contributed by atoms with Gasteiger partial charge in [-0.25, -0.2) is 9.97 Å². The van der Waals surface area contributed by atoms with E-state index in [1.54, 1.807) is 0 Å². The summed E-state index contributed by atoms with van der Waals surface area (Å²) >= 11 is 0. The van der Waals surface area contributed by atoms with E-state index in [1.165, 1.54) is 17.2 Å². The van der Waals surface area contributed by atoms with Crippen molar-refractivity contribution in [1.82, 2.24) is 19.5 Å². The van der Waals surface area contributed by atoms with Gasteiger partial charge >= 0.3 is 5.97 Å². The third-order valence-electron chi connectivity index (χ3n) is 8.97. The van der Waals surface area contributed by atoms with Crippen LogP contribution in [0.3, 0.4) is 0 Å². The van der Waals surface area contributed by atoms with E-state index in [-0.39, 0.29) is 17.6 Å². The number of unbranched alkanes of at least 4 members (excludes halogenated alkanes) is 9. The van der Waals surface area contributed by atoms with Gasteiger partial charge in [0, 0.05) is 0 Å². The molecule has 3 heterocycles. The monoisotopic (exact) mass is 676 g/mol. The number of carbonyl (C=O) groups is 1. The average Bonchev–Trinajstić information content (AvgIpc) is 3.55. The van der Waals surface area contributed by atoms with Crippen molar-refractivity contribution in [3.05, 3.63) is 47.3 Å². The number of aliphatic hydroxyl groups is 4. The Balaban J connectivity index is 1.28. The Labute approximate surface area is 283 Å². The van der Waals surface area contributed by atoms with Crippen molar-refractivity contribution < 1.29 is 39.5 Å². The zero-order valence-electron chi connectivity index (χ0n) is 29.0. The zero-order valence-corrected chi connectivity index (χ0v) is 29.0. The quantitative estimate of drug-likeness (QED) is 0.0578. The zero-order chi connectivity index (χ0) is 35.2. The van der Waals surface area contributed by atoms with Gasteiger partial charge in [-0.15, -0.1) is 0 Å². The number of imidazole rings is 1. The Morgan fingerprint density at radius 2 is 1.62 bits per heavy atom. The summed E-state index contributed by atoms with van der Waals surface area (Å²) in [5.41, 5.74) is -2.61. The Morgan fingerprint density at radius 3 is 2.23 bits per heavy atom. The molecule has 0 bridgehead atoms. The van der Waals surface area contributed by atoms with Crippen molar-refractivity contribution in [2.75, 3.05) is 34.3 Å². The topological polar surface area (TPSA) is 191 Å². The van der Waals surface area contributed by atoms with Crippen LogP contribution < -0.4 is 5.56 Å². The normalized spacial score (nSPS) is 23.1. The Hall–Kier alpha value is -2.94. The number of rotatable bonds is 23. The lowest BCUT2D eigenvalue weighted by Crippen LogP contribution is -2.50. The van der Waals surface area contributed by atoms with E-state index in [9.17, 15) is 35.1 Å². The molecule has 270 valence electrons. The number of aromatic nitrogens is 4. The second-order valence-electron chi connectivity index (χ2n) is 14.3. The molecule has 1 fully saturated rings. The number of nitrogens with one attached hydrogen (secondary N) is 1. The highest BCUT2D eigenvalue weighted by molar-refractivity contribution is 5.69. The number of allylic oxidation sites excluding steroid dienone is 4. The van der Waals surface area contributed by atoms with Crippen molar-refractivity contribution in [2.45, 2.75) is 126 Å². The Kier molecular flexibility index (Phi) is 15.4. The maximum atomic E-state index is 12.2. The number of hydrogen-bond acceptors (Lipinski definition) is 9. The smallest absolute Gasteiger partial charge is 0.306 e. The molecule has 0 spiro atoms. The second-order valence-corrected chi connectivity index (χ2v) is 14.3. The van der Waals surface area contributed by atoms with Gasteiger partial charge in [-0.2, -0.15) is 0 Å². The van der Waals surface area contributed by atoms with Crippen LogP contribution in [-0.2, 0) is 15.3 Å². The summed E-state index contributed by atoms with van der Waals surface area (Å²) in [6.45, 7) is -0.0269. The van der Waals surface area contributed by atoms with Crippen LogP contribution in [0.1, 0.15) is 96.3 Å². The fourth-order valence-corrected chi connectivity index (χ4v) is 6.80. The SMILES string of the molecule is C[N+](C)(C)CC(O)(CCCCCCCC/C=C\C/C=C\CCCCC[C@@]1(n2cnc3c(=O)[nH]cnc32)O[C@H](CO)[C@@H](O)[C@H]1O)CC(=O)O. The van der Waals surface area contributed by atoms with E-state index >= 15 is 0 Å². The Morgan fingerprint density at radius 1 is 1.00 bits per heavy atom. The van der Waals surface area contributed by atoms with E-state index in [0.29, 0.717) is 30.3 Å². The predicted octanol–water partition coefficient (Wildman–Crippen LogP) is 3.37. The van der Waals surface area contributed by atoms with Gasteiger partial charge in [0.05, 0.1) is 46.8 Å². The highest BCUT2D eigenvalue weighted by Gasteiger charge is 2.55. The molecule has 0 saturated carbocycles. The summed E-state index contributed by atoms with van der Waals surface area (Å²) in [5.74, 6) is -0.950. The van der Waals surface area contributed by atoms with Crippen LogP contribution in [0.4, 0.5) is 0 Å². The number of aromatic amines is 1. The van der Waals surface area contributed by atoms with Crippen molar-refractivity contribution in [3.63, 3.8) is 0 Å². The van der Waals surface area contributed by atoms with Gasteiger partial charge < -0.3 is 39.7 Å². The first-order valence-corrected chi connectivity index (χ1v) is 17.4. The van der Waals surface area contributed by atoms with Crippen LogP contribution in [0.2, 0.25) is 0 Å². The lowest BCUT2D eigenvalue weighted by atomic mass is 9.91. The minimum Gasteiger partial charge on any atom is -0.481 e. The van der Waals surface area contributed by atoms with Gasteiger partial charge in [0.1, 0.15) is 30.5 Å². The summed E-state index contributed by atoms with van der Waals surface area (Å²) in [6.07, 6.45) is 20.2. The molecule has 1 aliphatic heterocycles. The number of aliphatic carboxylic acids is 1. The molecule has 3 rings (SSSR count). The molecule has 48 heavy (non-hydrogen) atoms. The number of H-pyrrole nitrogens is 1. The minimum atomic E-state index is -1.40. The van der Waals surface area contributed by atoms with Crippen LogP contribution in [0.5, 0.6) is 0 Å². The first kappa shape index (κ1) is 39.5. The molecular formula is C35H58N5O8+. The number of carboxylic acid groups (broad SMARTS) is 1. The standard InChI is InChI=1S/C35H57N5O8/c1-40(2,3)24-34(47,22-28(42)43)20-18-16-14-12-10-8-6-4-5-7-9-11-13-15-17-19-21-35(31(45)30(44)27(23-41)48-35)39-26-38-29-32(39)36-25-37-33(29)46/h4-5,9,11,25-27,30-31,41,44-45,47H,6-8,10,12-24H2,1-3H3,(H-,36,37,42,43,46)/p+1/b5-4-,11-9-/t27-,30-,31-,34?,35-/m1/s1. The number of hydrogen-bond donors (Lipinski definition) is 6. The summed E-state index contributed by atoms with van der Waals surface area (Å²) in [5, 5.41) is 51.3. The Bertz CT molecular complexity index is 1380. The van der Waals surface area contributed by atoms with E-state index < -0.39 is 47.8 Å². The van der Waals surface area contributed by atoms with Crippen LogP contribution in [-0.4, -0.2) is 114 Å². The van der Waals surface area contributed by atoms with Crippen molar-refractivity contribution in [2.24, 2.45) is 0 Å². The van der Waals surface area contributed by atoms with E-state index in [1.807, 2.05) is 21.1 Å². The number of fused-ring (bicyclic) bond motifs is 1. The first-order valence-electron chi connectivity index (χ1n) is 17.4. The molecule has 0 aliphatic carbocycles. The fraction of sp³-hybridized carbons (Fsp3) is 0.714. The predicted molar refractivity (Wildman–Crippen MR) is 183 cm³/mol. The summed E-state index contributed by atoms with van der Waals surface area (Å²) in [7, 11) is 5.91. The highest BCUT2D eigenvalue weighted by Crippen LogP contribution is 2.41. The van der Waals surface area contributed by atoms with Gasteiger partial charge in [0.25, 0.3) is 5.56 Å². The number of nitrogens with zero attached hydrogens (tertiary/aromatic N) is 4. The second kappa shape index (κ2) is 18.7. The molecular weight excluding hydrogens is 618 g/mol. The molecule has 1 saturated heterocycles. The van der Waals surface area contributed by atoms with Gasteiger partial charge in [-0.3, -0.25) is 14.2 Å². The first-order chi connectivity index (χ1) is 22.8. The third-order valence-corrected chi connectivity index (χ3v) is 8.97. The third kappa shape index (κ3) is 11.6. The van der Waals surface area contributed by atoms with Gasteiger partial charge in [-0.1, -0.05) is 62.8 Å². The molecule has 5 atom stereocenters. The summed E-state index contributed by atoms with van der Waals surface area (Å²) in [4.78, 5) is 34.3. The van der Waals surface area contributed by atoms with Crippen LogP contribution >= 0.6 is 0 Å². The fourth-order valence-electron chi connectivity index (χ4n) is 6.80. The maximum absolute atomic E-state index is 12.2. The van der Waals surface area contributed by atoms with Crippen molar-refractivity contribution in [1.29, 1.82) is 0 Å². The molecule has 1 aliphatic rings. The van der Waals surface area contributed by atoms with E-state index in [0.717, 1.165) is 70.6 Å². The van der Waals surface area contributed by atoms with Crippen LogP contribution in [0.25, 0.3) is 11.2 Å². The molecule has 1 unspecified atom stereocenters. The minimum absolute atomic E-state index is 0.110. The van der Waals surface area contributed by atoms with Crippen molar-refractivity contribution >= 4 is 17.1 Å². The number of carboxylic acids is 1. The van der Waals surface area contributed by atoms with Gasteiger partial charge in [0.2, 0.25) is 0 Å². The lowest BCUT2D eigenvalue weighted by Gasteiger charge is -2.34. The molecule has 13 nitrogen and oxygen atoms in total.